The van der Waals surface area contributed by atoms with E-state index in [2.05, 4.69) is 0 Å². The molecule has 0 fully saturated rings. The second kappa shape index (κ2) is 7.60. The van der Waals surface area contributed by atoms with Gasteiger partial charge in [-0.3, -0.25) is 4.79 Å². The van der Waals surface area contributed by atoms with Crippen molar-refractivity contribution in [1.82, 2.24) is 0 Å². The normalized spacial score (nSPS) is 11.9. The summed E-state index contributed by atoms with van der Waals surface area (Å²) in [7, 11) is 0. The van der Waals surface area contributed by atoms with Crippen molar-refractivity contribution in [3.63, 3.8) is 0 Å². The van der Waals surface area contributed by atoms with Gasteiger partial charge in [0.1, 0.15) is 11.9 Å². The van der Waals surface area contributed by atoms with Crippen molar-refractivity contribution < 1.29 is 14.3 Å². The Labute approximate surface area is 125 Å². The number of benzene rings is 2. The van der Waals surface area contributed by atoms with Crippen LogP contribution >= 0.6 is 0 Å². The predicted octanol–water partition coefficient (Wildman–Crippen LogP) is 4.05. The Morgan fingerprint density at radius 2 is 1.62 bits per heavy atom. The van der Waals surface area contributed by atoms with Gasteiger partial charge in [0.25, 0.3) is 0 Å². The summed E-state index contributed by atoms with van der Waals surface area (Å²) in [4.78, 5) is 12.8. The molecular weight excluding hydrogens is 264 g/mol. The first-order valence-corrected chi connectivity index (χ1v) is 7.20. The van der Waals surface area contributed by atoms with E-state index in [0.29, 0.717) is 24.5 Å². The predicted molar refractivity (Wildman–Crippen MR) is 82.8 cm³/mol. The van der Waals surface area contributed by atoms with E-state index in [-0.39, 0.29) is 5.78 Å². The molecule has 0 aliphatic carbocycles. The van der Waals surface area contributed by atoms with Crippen LogP contribution in [0.2, 0.25) is 0 Å². The first-order chi connectivity index (χ1) is 10.3. The minimum Gasteiger partial charge on any atom is -0.493 e. The Balaban J connectivity index is 2.35. The number of ether oxygens (including phenoxy) is 2. The molecule has 0 aliphatic rings. The van der Waals surface area contributed by atoms with Crippen molar-refractivity contribution in [3.05, 3.63) is 65.7 Å². The number of hydrogen-bond donors (Lipinski definition) is 0. The Morgan fingerprint density at radius 3 is 2.29 bits per heavy atom. The molecular formula is C18H20O3. The van der Waals surface area contributed by atoms with Crippen LogP contribution in [-0.4, -0.2) is 19.0 Å². The van der Waals surface area contributed by atoms with Crippen LogP contribution in [0.1, 0.15) is 35.9 Å². The molecule has 0 aromatic heterocycles. The Morgan fingerprint density at radius 1 is 0.952 bits per heavy atom. The molecule has 2 rings (SSSR count). The number of carbonyl (C=O) groups is 1. The van der Waals surface area contributed by atoms with Crippen molar-refractivity contribution >= 4 is 5.78 Å². The molecule has 110 valence electrons. The van der Waals surface area contributed by atoms with Crippen molar-refractivity contribution in [3.8, 4) is 5.75 Å². The fourth-order valence-electron chi connectivity index (χ4n) is 2.21. The van der Waals surface area contributed by atoms with Gasteiger partial charge in [0.05, 0.1) is 12.2 Å². The molecule has 0 radical (unpaired) electrons. The molecule has 2 aromatic carbocycles. The smallest absolute Gasteiger partial charge is 0.199 e. The highest BCUT2D eigenvalue weighted by atomic mass is 16.5. The van der Waals surface area contributed by atoms with Crippen LogP contribution in [0.4, 0.5) is 0 Å². The van der Waals surface area contributed by atoms with Crippen LogP contribution < -0.4 is 4.74 Å². The van der Waals surface area contributed by atoms with Crippen LogP contribution in [0.3, 0.4) is 0 Å². The Kier molecular flexibility index (Phi) is 5.52. The number of carbonyl (C=O) groups excluding carboxylic acids is 1. The topological polar surface area (TPSA) is 35.5 Å². The van der Waals surface area contributed by atoms with Crippen LogP contribution in [-0.2, 0) is 4.74 Å². The lowest BCUT2D eigenvalue weighted by molar-refractivity contribution is 0.0449. The maximum atomic E-state index is 12.8. The third kappa shape index (κ3) is 3.70. The first kappa shape index (κ1) is 15.3. The lowest BCUT2D eigenvalue weighted by atomic mass is 9.99. The van der Waals surface area contributed by atoms with Gasteiger partial charge in [0.2, 0.25) is 0 Å². The highest BCUT2D eigenvalue weighted by Gasteiger charge is 2.24. The maximum Gasteiger partial charge on any atom is 0.199 e. The highest BCUT2D eigenvalue weighted by molar-refractivity contribution is 6.02. The van der Waals surface area contributed by atoms with Crippen molar-refractivity contribution in [2.45, 2.75) is 20.0 Å². The zero-order valence-electron chi connectivity index (χ0n) is 12.4. The van der Waals surface area contributed by atoms with Crippen LogP contribution in [0.5, 0.6) is 5.75 Å². The van der Waals surface area contributed by atoms with Crippen molar-refractivity contribution in [2.75, 3.05) is 13.2 Å². The molecule has 3 heteroatoms. The van der Waals surface area contributed by atoms with E-state index in [9.17, 15) is 4.79 Å². The van der Waals surface area contributed by atoms with E-state index in [1.54, 1.807) is 6.07 Å². The second-order valence-corrected chi connectivity index (χ2v) is 4.54. The molecule has 3 nitrogen and oxygen atoms in total. The third-order valence-electron chi connectivity index (χ3n) is 3.13. The van der Waals surface area contributed by atoms with Crippen molar-refractivity contribution in [1.29, 1.82) is 0 Å². The Hall–Kier alpha value is -2.13. The van der Waals surface area contributed by atoms with Gasteiger partial charge in [-0.2, -0.15) is 0 Å². The third-order valence-corrected chi connectivity index (χ3v) is 3.13. The number of rotatable bonds is 7. The van der Waals surface area contributed by atoms with E-state index in [1.807, 2.05) is 62.4 Å². The van der Waals surface area contributed by atoms with Gasteiger partial charge >= 0.3 is 0 Å². The average Bonchev–Trinajstić information content (AvgIpc) is 2.54. The average molecular weight is 284 g/mol. The van der Waals surface area contributed by atoms with Gasteiger partial charge in [0.15, 0.2) is 5.78 Å². The monoisotopic (exact) mass is 284 g/mol. The molecule has 0 heterocycles. The SMILES string of the molecule is CCOc1ccccc1C(=O)C(OCC)c1ccccc1. The second-order valence-electron chi connectivity index (χ2n) is 4.54. The van der Waals surface area contributed by atoms with Crippen LogP contribution in [0.15, 0.2) is 54.6 Å². The molecule has 0 N–H and O–H groups in total. The standard InChI is InChI=1S/C18H20O3/c1-3-20-16-13-9-8-12-15(16)17(19)18(21-4-2)14-10-6-5-7-11-14/h5-13,18H,3-4H2,1-2H3. The molecule has 1 unspecified atom stereocenters. The number of Topliss-reactive ketones (excluding diaryl/α,β-unsaturated/α-hetero) is 1. The molecule has 0 saturated heterocycles. The summed E-state index contributed by atoms with van der Waals surface area (Å²) in [6.07, 6.45) is -0.599. The molecule has 0 bridgehead atoms. The van der Waals surface area contributed by atoms with Gasteiger partial charge in [-0.15, -0.1) is 0 Å². The molecule has 0 amide bonds. The number of ketones is 1. The van der Waals surface area contributed by atoms with Crippen molar-refractivity contribution in [2.24, 2.45) is 0 Å². The summed E-state index contributed by atoms with van der Waals surface area (Å²) < 4.78 is 11.2. The zero-order valence-corrected chi connectivity index (χ0v) is 12.4. The summed E-state index contributed by atoms with van der Waals surface area (Å²) >= 11 is 0. The quantitative estimate of drug-likeness (QED) is 0.720. The molecule has 1 atom stereocenters. The summed E-state index contributed by atoms with van der Waals surface area (Å²) in [5.41, 5.74) is 1.41. The van der Waals surface area contributed by atoms with E-state index >= 15 is 0 Å². The van der Waals surface area contributed by atoms with E-state index in [1.165, 1.54) is 0 Å². The lowest BCUT2D eigenvalue weighted by Crippen LogP contribution is -2.17. The van der Waals surface area contributed by atoms with Gasteiger partial charge in [-0.25, -0.2) is 0 Å². The van der Waals surface area contributed by atoms with E-state index in [4.69, 9.17) is 9.47 Å². The fourth-order valence-corrected chi connectivity index (χ4v) is 2.21. The van der Waals surface area contributed by atoms with Gasteiger partial charge in [0, 0.05) is 6.61 Å². The maximum absolute atomic E-state index is 12.8. The van der Waals surface area contributed by atoms with Crippen LogP contribution in [0, 0.1) is 0 Å². The van der Waals surface area contributed by atoms with Crippen LogP contribution in [0.25, 0.3) is 0 Å². The number of hydrogen-bond acceptors (Lipinski definition) is 3. The minimum absolute atomic E-state index is 0.0768. The molecule has 21 heavy (non-hydrogen) atoms. The van der Waals surface area contributed by atoms with Gasteiger partial charge in [-0.05, 0) is 31.5 Å². The first-order valence-electron chi connectivity index (χ1n) is 7.20. The minimum atomic E-state index is -0.599. The lowest BCUT2D eigenvalue weighted by Gasteiger charge is -2.18. The summed E-state index contributed by atoms with van der Waals surface area (Å²) in [5.74, 6) is 0.526. The largest absolute Gasteiger partial charge is 0.493 e. The highest BCUT2D eigenvalue weighted by Crippen LogP contribution is 2.27. The molecule has 0 spiro atoms. The van der Waals surface area contributed by atoms with Gasteiger partial charge < -0.3 is 9.47 Å². The molecule has 2 aromatic rings. The number of para-hydroxylation sites is 1. The zero-order chi connectivity index (χ0) is 15.1. The molecule has 0 aliphatic heterocycles. The van der Waals surface area contributed by atoms with Gasteiger partial charge in [-0.1, -0.05) is 42.5 Å². The molecule has 0 saturated carbocycles. The summed E-state index contributed by atoms with van der Waals surface area (Å²) in [6, 6.07) is 16.8. The van der Waals surface area contributed by atoms with E-state index < -0.39 is 6.10 Å². The fraction of sp³-hybridized carbons (Fsp3) is 0.278. The summed E-state index contributed by atoms with van der Waals surface area (Å²) in [6.45, 7) is 4.78. The summed E-state index contributed by atoms with van der Waals surface area (Å²) in [5, 5.41) is 0. The Bertz CT molecular complexity index is 578. The van der Waals surface area contributed by atoms with E-state index in [0.717, 1.165) is 5.56 Å².